The molecule has 6 nitrogen and oxygen atoms in total. The maximum atomic E-state index is 4.65. The average molecular weight is 346 g/mol. The normalized spacial score (nSPS) is 19.1. The van der Waals surface area contributed by atoms with Crippen LogP contribution in [0, 0.1) is 5.92 Å². The molecule has 1 aliphatic heterocycles. The zero-order chi connectivity index (χ0) is 17.3. The molecule has 0 saturated carbocycles. The molecule has 0 N–H and O–H groups in total. The molecule has 3 aromatic rings. The van der Waals surface area contributed by atoms with Gasteiger partial charge in [0, 0.05) is 31.4 Å². The minimum atomic E-state index is 0.582. The Balaban J connectivity index is 1.38. The van der Waals surface area contributed by atoms with E-state index in [1.807, 2.05) is 10.9 Å². The maximum absolute atomic E-state index is 4.65. The monoisotopic (exact) mass is 346 g/mol. The van der Waals surface area contributed by atoms with Gasteiger partial charge in [0.2, 0.25) is 0 Å². The molecule has 26 heavy (non-hydrogen) atoms. The Morgan fingerprint density at radius 2 is 2.00 bits per heavy atom. The van der Waals surface area contributed by atoms with E-state index < -0.39 is 0 Å². The summed E-state index contributed by atoms with van der Waals surface area (Å²) in [7, 11) is 0. The van der Waals surface area contributed by atoms with E-state index in [1.54, 1.807) is 6.20 Å². The summed E-state index contributed by atoms with van der Waals surface area (Å²) in [6.07, 6.45) is 8.19. The Bertz CT molecular complexity index is 904. The molecule has 1 saturated heterocycles. The summed E-state index contributed by atoms with van der Waals surface area (Å²) >= 11 is 0. The second-order valence-electron chi connectivity index (χ2n) is 7.31. The molecule has 0 radical (unpaired) electrons. The zero-order valence-electron chi connectivity index (χ0n) is 14.8. The molecule has 0 spiro atoms. The molecule has 1 aliphatic carbocycles. The van der Waals surface area contributed by atoms with E-state index >= 15 is 0 Å². The van der Waals surface area contributed by atoms with Crippen molar-refractivity contribution in [1.29, 1.82) is 0 Å². The number of nitrogens with zero attached hydrogens (tertiary/aromatic N) is 6. The van der Waals surface area contributed by atoms with E-state index in [4.69, 9.17) is 0 Å². The maximum Gasteiger partial charge on any atom is 0.151 e. The summed E-state index contributed by atoms with van der Waals surface area (Å²) in [6, 6.07) is 10.9. The summed E-state index contributed by atoms with van der Waals surface area (Å²) in [6.45, 7) is 2.95. The van der Waals surface area contributed by atoms with Crippen molar-refractivity contribution in [3.63, 3.8) is 0 Å². The number of fused-ring (bicyclic) bond motifs is 3. The first-order valence-corrected chi connectivity index (χ1v) is 9.41. The van der Waals surface area contributed by atoms with Gasteiger partial charge in [0.05, 0.1) is 11.9 Å². The van der Waals surface area contributed by atoms with Crippen LogP contribution in [0.15, 0.2) is 42.7 Å². The van der Waals surface area contributed by atoms with Gasteiger partial charge in [-0.05, 0) is 48.8 Å². The largest absolute Gasteiger partial charge is 0.355 e. The van der Waals surface area contributed by atoms with Crippen LogP contribution in [-0.4, -0.2) is 38.3 Å². The van der Waals surface area contributed by atoms with Gasteiger partial charge in [0.25, 0.3) is 0 Å². The molecule has 132 valence electrons. The molecular formula is C20H22N6. The van der Waals surface area contributed by atoms with Crippen LogP contribution in [0.25, 0.3) is 11.3 Å². The van der Waals surface area contributed by atoms with E-state index in [0.717, 1.165) is 50.4 Å². The number of aryl methyl sites for hydroxylation is 2. The first kappa shape index (κ1) is 15.5. The first-order valence-electron chi connectivity index (χ1n) is 9.41. The van der Waals surface area contributed by atoms with Crippen molar-refractivity contribution in [2.24, 2.45) is 5.92 Å². The molecule has 1 fully saturated rings. The zero-order valence-corrected chi connectivity index (χ0v) is 14.8. The van der Waals surface area contributed by atoms with Gasteiger partial charge in [-0.3, -0.25) is 4.68 Å². The van der Waals surface area contributed by atoms with Crippen molar-refractivity contribution >= 4 is 5.82 Å². The van der Waals surface area contributed by atoms with Gasteiger partial charge in [-0.25, -0.2) is 0 Å². The topological polar surface area (TPSA) is 59.7 Å². The Hall–Kier alpha value is -2.76. The van der Waals surface area contributed by atoms with Gasteiger partial charge < -0.3 is 4.90 Å². The van der Waals surface area contributed by atoms with Gasteiger partial charge in [-0.1, -0.05) is 29.5 Å². The Morgan fingerprint density at radius 3 is 2.92 bits per heavy atom. The minimum Gasteiger partial charge on any atom is -0.355 e. The number of anilines is 1. The summed E-state index contributed by atoms with van der Waals surface area (Å²) in [5.41, 5.74) is 5.05. The molecule has 0 bridgehead atoms. The summed E-state index contributed by atoms with van der Waals surface area (Å²) in [5.74, 6) is 1.60. The van der Waals surface area contributed by atoms with E-state index in [0.29, 0.717) is 5.92 Å². The van der Waals surface area contributed by atoms with E-state index in [-0.39, 0.29) is 0 Å². The summed E-state index contributed by atoms with van der Waals surface area (Å²) in [5, 5.41) is 17.2. The lowest BCUT2D eigenvalue weighted by molar-refractivity contribution is 0.444. The second-order valence-corrected chi connectivity index (χ2v) is 7.31. The van der Waals surface area contributed by atoms with Gasteiger partial charge in [0.1, 0.15) is 0 Å². The van der Waals surface area contributed by atoms with Crippen molar-refractivity contribution in [2.75, 3.05) is 18.0 Å². The number of benzene rings is 1. The highest BCUT2D eigenvalue weighted by Crippen LogP contribution is 2.32. The highest BCUT2D eigenvalue weighted by atomic mass is 15.4. The Kier molecular flexibility index (Phi) is 3.88. The smallest absolute Gasteiger partial charge is 0.151 e. The third-order valence-corrected chi connectivity index (χ3v) is 5.55. The fourth-order valence-corrected chi connectivity index (χ4v) is 4.21. The van der Waals surface area contributed by atoms with Crippen LogP contribution in [0.4, 0.5) is 5.82 Å². The molecular weight excluding hydrogens is 324 g/mol. The number of rotatable bonds is 3. The number of aromatic nitrogens is 5. The van der Waals surface area contributed by atoms with Crippen molar-refractivity contribution in [1.82, 2.24) is 25.2 Å². The molecule has 1 aromatic carbocycles. The fourth-order valence-electron chi connectivity index (χ4n) is 4.21. The molecule has 3 heterocycles. The molecule has 6 heteroatoms. The van der Waals surface area contributed by atoms with Gasteiger partial charge in [-0.2, -0.15) is 0 Å². The molecule has 1 unspecified atom stereocenters. The standard InChI is InChI=1S/C20H22N6/c1-2-7-18-16(4-1)5-3-6-17-12-19(22-23-20(17)18)25-10-8-15(13-25)14-26-11-9-21-24-26/h1-2,4,7,9,11-12,15H,3,5-6,8,10,13-14H2. The quantitative estimate of drug-likeness (QED) is 0.730. The van der Waals surface area contributed by atoms with Crippen molar-refractivity contribution in [3.05, 3.63) is 53.9 Å². The molecule has 2 aromatic heterocycles. The fraction of sp³-hybridized carbons (Fsp3) is 0.400. The van der Waals surface area contributed by atoms with Crippen LogP contribution in [-0.2, 0) is 19.4 Å². The number of hydrogen-bond donors (Lipinski definition) is 0. The van der Waals surface area contributed by atoms with Crippen molar-refractivity contribution in [3.8, 4) is 11.3 Å². The average Bonchev–Trinajstić information content (AvgIpc) is 3.31. The van der Waals surface area contributed by atoms with Gasteiger partial charge in [-0.15, -0.1) is 15.3 Å². The third kappa shape index (κ3) is 2.85. The van der Waals surface area contributed by atoms with Crippen LogP contribution >= 0.6 is 0 Å². The molecule has 1 atom stereocenters. The summed E-state index contributed by atoms with van der Waals surface area (Å²) < 4.78 is 1.92. The van der Waals surface area contributed by atoms with Crippen LogP contribution in [0.5, 0.6) is 0 Å². The van der Waals surface area contributed by atoms with Gasteiger partial charge in [0.15, 0.2) is 5.82 Å². The van der Waals surface area contributed by atoms with Crippen molar-refractivity contribution in [2.45, 2.75) is 32.2 Å². The highest BCUT2D eigenvalue weighted by Gasteiger charge is 2.25. The van der Waals surface area contributed by atoms with Crippen LogP contribution < -0.4 is 4.90 Å². The third-order valence-electron chi connectivity index (χ3n) is 5.55. The van der Waals surface area contributed by atoms with E-state index in [2.05, 4.69) is 55.7 Å². The van der Waals surface area contributed by atoms with E-state index in [1.165, 1.54) is 23.1 Å². The minimum absolute atomic E-state index is 0.582. The molecule has 0 amide bonds. The predicted octanol–water partition coefficient (Wildman–Crippen LogP) is 2.75. The predicted molar refractivity (Wildman–Crippen MR) is 99.8 cm³/mol. The van der Waals surface area contributed by atoms with Gasteiger partial charge >= 0.3 is 0 Å². The molecule has 2 aliphatic rings. The Morgan fingerprint density at radius 1 is 1.08 bits per heavy atom. The first-order chi connectivity index (χ1) is 12.9. The SMILES string of the molecule is c1ccc2c(c1)CCCc1cc(N3CCC(Cn4ccnn4)C3)nnc1-2. The second kappa shape index (κ2) is 6.52. The lowest BCUT2D eigenvalue weighted by Crippen LogP contribution is -2.23. The van der Waals surface area contributed by atoms with Crippen LogP contribution in [0.1, 0.15) is 24.0 Å². The van der Waals surface area contributed by atoms with Crippen LogP contribution in [0.2, 0.25) is 0 Å². The molecule has 5 rings (SSSR count). The lowest BCUT2D eigenvalue weighted by atomic mass is 10.0. The Labute approximate surface area is 152 Å². The lowest BCUT2D eigenvalue weighted by Gasteiger charge is -2.18. The van der Waals surface area contributed by atoms with Crippen LogP contribution in [0.3, 0.4) is 0 Å². The highest BCUT2D eigenvalue weighted by molar-refractivity contribution is 5.68. The van der Waals surface area contributed by atoms with E-state index in [9.17, 15) is 0 Å². The van der Waals surface area contributed by atoms with Crippen molar-refractivity contribution < 1.29 is 0 Å². The summed E-state index contributed by atoms with van der Waals surface area (Å²) in [4.78, 5) is 2.37. The number of hydrogen-bond acceptors (Lipinski definition) is 5.